The summed E-state index contributed by atoms with van der Waals surface area (Å²) >= 11 is 0. The van der Waals surface area contributed by atoms with E-state index in [4.69, 9.17) is 9.47 Å². The molecular weight excluding hydrogens is 180 g/mol. The van der Waals surface area contributed by atoms with Gasteiger partial charge in [-0.3, -0.25) is 0 Å². The Morgan fingerprint density at radius 3 is 2.64 bits per heavy atom. The van der Waals surface area contributed by atoms with Crippen LogP contribution in [0.15, 0.2) is 12.2 Å². The van der Waals surface area contributed by atoms with Crippen molar-refractivity contribution in [3.63, 3.8) is 0 Å². The van der Waals surface area contributed by atoms with Gasteiger partial charge in [0, 0.05) is 0 Å². The summed E-state index contributed by atoms with van der Waals surface area (Å²) < 4.78 is 9.97. The molecule has 0 bridgehead atoms. The van der Waals surface area contributed by atoms with E-state index in [9.17, 15) is 4.79 Å². The number of hydrogen-bond donors (Lipinski definition) is 0. The Bertz CT molecular complexity index is 173. The predicted molar refractivity (Wildman–Crippen MR) is 56.1 cm³/mol. The molecule has 0 aliphatic carbocycles. The van der Waals surface area contributed by atoms with Crippen molar-refractivity contribution in [1.82, 2.24) is 0 Å². The van der Waals surface area contributed by atoms with Crippen molar-refractivity contribution in [2.24, 2.45) is 0 Å². The van der Waals surface area contributed by atoms with Crippen LogP contribution in [-0.4, -0.2) is 25.3 Å². The smallest absolute Gasteiger partial charge is 0.332 e. The molecule has 0 radical (unpaired) electrons. The summed E-state index contributed by atoms with van der Waals surface area (Å²) in [5.74, 6) is -0.302. The molecule has 14 heavy (non-hydrogen) atoms. The second-order valence-electron chi connectivity index (χ2n) is 3.31. The summed E-state index contributed by atoms with van der Waals surface area (Å²) in [7, 11) is 0. The first kappa shape index (κ1) is 13.2. The number of esters is 1. The Morgan fingerprint density at radius 1 is 1.36 bits per heavy atom. The van der Waals surface area contributed by atoms with Crippen molar-refractivity contribution in [3.05, 3.63) is 12.2 Å². The van der Waals surface area contributed by atoms with Crippen LogP contribution in [0.5, 0.6) is 0 Å². The number of allylic oxidation sites excluding steroid dienone is 1. The number of carbonyl (C=O) groups is 1. The van der Waals surface area contributed by atoms with Crippen molar-refractivity contribution < 1.29 is 14.3 Å². The van der Waals surface area contributed by atoms with Gasteiger partial charge in [-0.1, -0.05) is 25.5 Å². The normalized spacial score (nSPS) is 11.1. The number of hydrogen-bond acceptors (Lipinski definition) is 3. The van der Waals surface area contributed by atoms with Gasteiger partial charge >= 0.3 is 5.97 Å². The standard InChI is InChI=1S/C11H20O3/c1-4-5-6-7-8-13-9-11(12)14-10(2)3/h6-7,10H,4-5,8-9H2,1-3H3/b7-6+. The maximum atomic E-state index is 11.0. The van der Waals surface area contributed by atoms with E-state index in [1.807, 2.05) is 26.0 Å². The lowest BCUT2D eigenvalue weighted by Crippen LogP contribution is -2.16. The summed E-state index contributed by atoms with van der Waals surface area (Å²) in [6.07, 6.45) is 6.09. The first-order valence-electron chi connectivity index (χ1n) is 5.09. The van der Waals surface area contributed by atoms with Gasteiger partial charge in [0.2, 0.25) is 0 Å². The summed E-state index contributed by atoms with van der Waals surface area (Å²) in [5.41, 5.74) is 0. The molecule has 0 unspecified atom stereocenters. The molecule has 0 aromatic rings. The van der Waals surface area contributed by atoms with E-state index in [1.54, 1.807) is 0 Å². The molecule has 0 atom stereocenters. The molecule has 0 spiro atoms. The van der Waals surface area contributed by atoms with E-state index >= 15 is 0 Å². The minimum atomic E-state index is -0.302. The van der Waals surface area contributed by atoms with E-state index in [-0.39, 0.29) is 18.7 Å². The van der Waals surface area contributed by atoms with Crippen LogP contribution in [0.1, 0.15) is 33.6 Å². The minimum absolute atomic E-state index is 0.0364. The van der Waals surface area contributed by atoms with Crippen LogP contribution in [0.2, 0.25) is 0 Å². The van der Waals surface area contributed by atoms with Crippen LogP contribution >= 0.6 is 0 Å². The van der Waals surface area contributed by atoms with E-state index in [2.05, 4.69) is 6.92 Å². The van der Waals surface area contributed by atoms with Crippen LogP contribution in [0, 0.1) is 0 Å². The average Bonchev–Trinajstić information content (AvgIpc) is 2.10. The Balaban J connectivity index is 3.31. The highest BCUT2D eigenvalue weighted by molar-refractivity contribution is 5.70. The van der Waals surface area contributed by atoms with Gasteiger partial charge in [0.05, 0.1) is 12.7 Å². The molecule has 0 saturated heterocycles. The first-order chi connectivity index (χ1) is 6.66. The largest absolute Gasteiger partial charge is 0.461 e. The van der Waals surface area contributed by atoms with Crippen molar-refractivity contribution in [2.45, 2.75) is 39.7 Å². The Kier molecular flexibility index (Phi) is 8.24. The molecule has 3 heteroatoms. The predicted octanol–water partition coefficient (Wildman–Crippen LogP) is 2.31. The lowest BCUT2D eigenvalue weighted by Gasteiger charge is -2.06. The second kappa shape index (κ2) is 8.75. The van der Waals surface area contributed by atoms with Crippen LogP contribution < -0.4 is 0 Å². The van der Waals surface area contributed by atoms with Crippen LogP contribution in [-0.2, 0) is 14.3 Å². The fourth-order valence-corrected chi connectivity index (χ4v) is 0.860. The number of unbranched alkanes of at least 4 members (excludes halogenated alkanes) is 1. The highest BCUT2D eigenvalue weighted by atomic mass is 16.6. The van der Waals surface area contributed by atoms with E-state index in [0.717, 1.165) is 12.8 Å². The number of ether oxygens (including phenoxy) is 2. The summed E-state index contributed by atoms with van der Waals surface area (Å²) in [5, 5.41) is 0. The van der Waals surface area contributed by atoms with Gasteiger partial charge in [-0.2, -0.15) is 0 Å². The van der Waals surface area contributed by atoms with Crippen molar-refractivity contribution >= 4 is 5.97 Å². The number of rotatable bonds is 7. The third-order valence-corrected chi connectivity index (χ3v) is 1.42. The Morgan fingerprint density at radius 2 is 2.07 bits per heavy atom. The molecular formula is C11H20O3. The van der Waals surface area contributed by atoms with Gasteiger partial charge in [-0.25, -0.2) is 4.79 Å². The fraction of sp³-hybridized carbons (Fsp3) is 0.727. The highest BCUT2D eigenvalue weighted by Crippen LogP contribution is 1.91. The van der Waals surface area contributed by atoms with Crippen molar-refractivity contribution in [2.75, 3.05) is 13.2 Å². The Hall–Kier alpha value is -0.830. The molecule has 0 aliphatic rings. The molecule has 0 rings (SSSR count). The zero-order valence-corrected chi connectivity index (χ0v) is 9.29. The maximum absolute atomic E-state index is 11.0. The third kappa shape index (κ3) is 9.26. The summed E-state index contributed by atoms with van der Waals surface area (Å²) in [6.45, 7) is 6.27. The molecule has 3 nitrogen and oxygen atoms in total. The Labute approximate surface area is 86.1 Å². The molecule has 0 aliphatic heterocycles. The monoisotopic (exact) mass is 200 g/mol. The van der Waals surface area contributed by atoms with Gasteiger partial charge in [-0.05, 0) is 20.3 Å². The third-order valence-electron chi connectivity index (χ3n) is 1.42. The lowest BCUT2D eigenvalue weighted by molar-refractivity contribution is -0.152. The maximum Gasteiger partial charge on any atom is 0.332 e. The quantitative estimate of drug-likeness (QED) is 0.359. The van der Waals surface area contributed by atoms with Gasteiger partial charge in [-0.15, -0.1) is 0 Å². The molecule has 0 aromatic heterocycles. The lowest BCUT2D eigenvalue weighted by atomic mass is 10.3. The molecule has 0 fully saturated rings. The van der Waals surface area contributed by atoms with Gasteiger partial charge < -0.3 is 9.47 Å². The van der Waals surface area contributed by atoms with Crippen molar-refractivity contribution in [3.8, 4) is 0 Å². The summed E-state index contributed by atoms with van der Waals surface area (Å²) in [4.78, 5) is 11.0. The molecule has 0 aromatic carbocycles. The summed E-state index contributed by atoms with van der Waals surface area (Å²) in [6, 6.07) is 0. The van der Waals surface area contributed by atoms with E-state index in [1.165, 1.54) is 0 Å². The zero-order valence-electron chi connectivity index (χ0n) is 9.29. The van der Waals surface area contributed by atoms with Gasteiger partial charge in [0.25, 0.3) is 0 Å². The van der Waals surface area contributed by atoms with Crippen LogP contribution in [0.25, 0.3) is 0 Å². The van der Waals surface area contributed by atoms with E-state index < -0.39 is 0 Å². The van der Waals surface area contributed by atoms with Gasteiger partial charge in [0.1, 0.15) is 6.61 Å². The highest BCUT2D eigenvalue weighted by Gasteiger charge is 2.03. The SMILES string of the molecule is CCC/C=C/COCC(=O)OC(C)C. The molecule has 0 saturated carbocycles. The topological polar surface area (TPSA) is 35.5 Å². The van der Waals surface area contributed by atoms with Gasteiger partial charge in [0.15, 0.2) is 0 Å². The van der Waals surface area contributed by atoms with E-state index in [0.29, 0.717) is 6.61 Å². The zero-order chi connectivity index (χ0) is 10.8. The van der Waals surface area contributed by atoms with Crippen molar-refractivity contribution in [1.29, 1.82) is 0 Å². The first-order valence-corrected chi connectivity index (χ1v) is 5.09. The van der Waals surface area contributed by atoms with Crippen LogP contribution in [0.3, 0.4) is 0 Å². The minimum Gasteiger partial charge on any atom is -0.461 e. The van der Waals surface area contributed by atoms with Crippen LogP contribution in [0.4, 0.5) is 0 Å². The molecule has 82 valence electrons. The molecule has 0 amide bonds. The second-order valence-corrected chi connectivity index (χ2v) is 3.31. The fourth-order valence-electron chi connectivity index (χ4n) is 0.860. The molecule has 0 heterocycles. The average molecular weight is 200 g/mol. The number of carbonyl (C=O) groups excluding carboxylic acids is 1. The molecule has 0 N–H and O–H groups in total.